The van der Waals surface area contributed by atoms with Crippen molar-refractivity contribution in [2.45, 2.75) is 0 Å². The van der Waals surface area contributed by atoms with Gasteiger partial charge in [0.25, 0.3) is 5.91 Å². The Labute approximate surface area is 201 Å². The van der Waals surface area contributed by atoms with E-state index in [0.29, 0.717) is 41.8 Å². The number of carbonyl (C=O) groups is 1. The van der Waals surface area contributed by atoms with Crippen molar-refractivity contribution in [1.82, 2.24) is 5.43 Å². The maximum Gasteiger partial charge on any atom is 0.277 e. The molecule has 0 atom stereocenters. The summed E-state index contributed by atoms with van der Waals surface area (Å²) in [6.07, 6.45) is 1.38. The quantitative estimate of drug-likeness (QED) is 0.236. The first-order valence-corrected chi connectivity index (χ1v) is 11.1. The SMILES string of the molecule is O=C(COc1c(Br)cc(Br)cc1Br)N/N=C/c1ccc(-c2cccc(Cl)c2Cl)o1. The molecule has 0 aliphatic carbocycles. The van der Waals surface area contributed by atoms with Gasteiger partial charge >= 0.3 is 0 Å². The van der Waals surface area contributed by atoms with E-state index in [1.807, 2.05) is 12.1 Å². The van der Waals surface area contributed by atoms with Crippen molar-refractivity contribution in [2.24, 2.45) is 5.10 Å². The molecule has 5 nitrogen and oxygen atoms in total. The van der Waals surface area contributed by atoms with Crippen LogP contribution in [0.2, 0.25) is 10.0 Å². The van der Waals surface area contributed by atoms with E-state index in [1.165, 1.54) is 6.21 Å². The van der Waals surface area contributed by atoms with Crippen molar-refractivity contribution in [3.05, 3.63) is 71.7 Å². The summed E-state index contributed by atoms with van der Waals surface area (Å²) in [5.41, 5.74) is 3.05. The molecule has 0 unspecified atom stereocenters. The summed E-state index contributed by atoms with van der Waals surface area (Å²) in [7, 11) is 0. The normalized spacial score (nSPS) is 11.1. The Morgan fingerprint density at radius 3 is 2.59 bits per heavy atom. The first-order chi connectivity index (χ1) is 13.8. The van der Waals surface area contributed by atoms with Gasteiger partial charge in [-0.05, 0) is 68.3 Å². The number of hydrogen-bond acceptors (Lipinski definition) is 4. The number of halogens is 5. The number of rotatable bonds is 6. The number of amides is 1. The fraction of sp³-hybridized carbons (Fsp3) is 0.0526. The summed E-state index contributed by atoms with van der Waals surface area (Å²) >= 11 is 22.4. The van der Waals surface area contributed by atoms with Crippen molar-refractivity contribution in [2.75, 3.05) is 6.61 Å². The maximum absolute atomic E-state index is 12.0. The first kappa shape index (κ1) is 22.4. The van der Waals surface area contributed by atoms with E-state index >= 15 is 0 Å². The zero-order chi connectivity index (χ0) is 21.0. The Hall–Kier alpha value is -1.32. The van der Waals surface area contributed by atoms with Crippen LogP contribution >= 0.6 is 71.0 Å². The number of furan rings is 1. The van der Waals surface area contributed by atoms with Crippen LogP contribution in [0.5, 0.6) is 5.75 Å². The molecule has 0 saturated carbocycles. The molecule has 3 aromatic rings. The van der Waals surface area contributed by atoms with E-state index < -0.39 is 5.91 Å². The standard InChI is InChI=1S/C19H11Br3Cl2N2O3/c20-10-6-13(21)19(14(22)7-10)28-9-17(27)26-25-8-11-4-5-16(29-11)12-2-1-3-15(23)18(12)24/h1-8H,9H2,(H,26,27)/b25-8+. The molecule has 0 aliphatic heterocycles. The Morgan fingerprint density at radius 2 is 1.86 bits per heavy atom. The molecule has 0 bridgehead atoms. The van der Waals surface area contributed by atoms with Crippen LogP contribution in [-0.4, -0.2) is 18.7 Å². The summed E-state index contributed by atoms with van der Waals surface area (Å²) in [6, 6.07) is 12.4. The molecule has 3 rings (SSSR count). The smallest absolute Gasteiger partial charge is 0.277 e. The predicted octanol–water partition coefficient (Wildman–Crippen LogP) is 7.07. The largest absolute Gasteiger partial charge is 0.481 e. The molecule has 0 radical (unpaired) electrons. The molecule has 1 amide bonds. The highest BCUT2D eigenvalue weighted by Gasteiger charge is 2.12. The van der Waals surface area contributed by atoms with Crippen LogP contribution < -0.4 is 10.2 Å². The average molecular weight is 626 g/mol. The molecule has 1 N–H and O–H groups in total. The number of benzene rings is 2. The molecule has 0 aliphatic rings. The fourth-order valence-electron chi connectivity index (χ4n) is 2.27. The lowest BCUT2D eigenvalue weighted by Crippen LogP contribution is -2.24. The minimum absolute atomic E-state index is 0.211. The van der Waals surface area contributed by atoms with E-state index in [4.69, 9.17) is 32.4 Å². The third kappa shape index (κ3) is 5.86. The molecule has 29 heavy (non-hydrogen) atoms. The molecule has 0 fully saturated rings. The van der Waals surface area contributed by atoms with Crippen LogP contribution in [0.25, 0.3) is 11.3 Å². The van der Waals surface area contributed by atoms with Crippen LogP contribution in [0.3, 0.4) is 0 Å². The van der Waals surface area contributed by atoms with Gasteiger partial charge in [0.15, 0.2) is 6.61 Å². The zero-order valence-corrected chi connectivity index (χ0v) is 20.7. The van der Waals surface area contributed by atoms with E-state index in [-0.39, 0.29) is 6.61 Å². The third-order valence-electron chi connectivity index (χ3n) is 3.54. The van der Waals surface area contributed by atoms with Crippen LogP contribution in [0.4, 0.5) is 0 Å². The van der Waals surface area contributed by atoms with E-state index in [1.54, 1.807) is 30.3 Å². The van der Waals surface area contributed by atoms with Gasteiger partial charge in [0.2, 0.25) is 0 Å². The second-order valence-corrected chi connectivity index (χ2v) is 8.99. The Kier molecular flexibility index (Phi) is 7.81. The van der Waals surface area contributed by atoms with Crippen molar-refractivity contribution in [1.29, 1.82) is 0 Å². The molecular formula is C19H11Br3Cl2N2O3. The monoisotopic (exact) mass is 622 g/mol. The van der Waals surface area contributed by atoms with E-state index in [0.717, 1.165) is 4.47 Å². The molecule has 2 aromatic carbocycles. The summed E-state index contributed by atoms with van der Waals surface area (Å²) in [4.78, 5) is 12.0. The van der Waals surface area contributed by atoms with Gasteiger partial charge in [-0.3, -0.25) is 4.79 Å². The minimum Gasteiger partial charge on any atom is -0.481 e. The number of carbonyl (C=O) groups excluding carboxylic acids is 1. The molecule has 150 valence electrons. The second-order valence-electron chi connectivity index (χ2n) is 5.58. The van der Waals surface area contributed by atoms with Crippen LogP contribution in [0.15, 0.2) is 65.4 Å². The van der Waals surface area contributed by atoms with E-state index in [2.05, 4.69) is 58.3 Å². The number of hydrogen-bond donors (Lipinski definition) is 1. The Bertz CT molecular complexity index is 1060. The van der Waals surface area contributed by atoms with Crippen molar-refractivity contribution in [3.63, 3.8) is 0 Å². The van der Waals surface area contributed by atoms with Crippen molar-refractivity contribution < 1.29 is 13.9 Å². The summed E-state index contributed by atoms with van der Waals surface area (Å²) in [6.45, 7) is -0.211. The topological polar surface area (TPSA) is 63.8 Å². The zero-order valence-electron chi connectivity index (χ0n) is 14.4. The molecule has 10 heteroatoms. The van der Waals surface area contributed by atoms with Gasteiger partial charge in [0.05, 0.1) is 25.2 Å². The number of hydrazone groups is 1. The van der Waals surface area contributed by atoms with E-state index in [9.17, 15) is 4.79 Å². The second kappa shape index (κ2) is 10.1. The van der Waals surface area contributed by atoms with Crippen LogP contribution in [0, 0.1) is 0 Å². The summed E-state index contributed by atoms with van der Waals surface area (Å²) < 4.78 is 13.5. The lowest BCUT2D eigenvalue weighted by molar-refractivity contribution is -0.123. The van der Waals surface area contributed by atoms with Gasteiger partial charge < -0.3 is 9.15 Å². The van der Waals surface area contributed by atoms with Gasteiger partial charge in [0.1, 0.15) is 17.3 Å². The highest BCUT2D eigenvalue weighted by atomic mass is 79.9. The number of ether oxygens (including phenoxy) is 1. The summed E-state index contributed by atoms with van der Waals surface area (Å²) in [5, 5.41) is 4.71. The molecular weight excluding hydrogens is 615 g/mol. The van der Waals surface area contributed by atoms with Crippen LogP contribution in [-0.2, 0) is 4.79 Å². The molecule has 0 saturated heterocycles. The van der Waals surface area contributed by atoms with Gasteiger partial charge in [0, 0.05) is 10.0 Å². The summed E-state index contributed by atoms with van der Waals surface area (Å²) in [5.74, 6) is 1.07. The highest BCUT2D eigenvalue weighted by Crippen LogP contribution is 2.36. The number of nitrogens with one attached hydrogen (secondary N) is 1. The predicted molar refractivity (Wildman–Crippen MR) is 125 cm³/mol. The van der Waals surface area contributed by atoms with Crippen LogP contribution in [0.1, 0.15) is 5.76 Å². The highest BCUT2D eigenvalue weighted by molar-refractivity contribution is 9.11. The molecule has 0 spiro atoms. The lowest BCUT2D eigenvalue weighted by Gasteiger charge is -2.09. The molecule has 1 heterocycles. The van der Waals surface area contributed by atoms with Crippen molar-refractivity contribution in [3.8, 4) is 17.1 Å². The third-order valence-corrected chi connectivity index (χ3v) is 5.99. The van der Waals surface area contributed by atoms with Crippen molar-refractivity contribution >= 4 is 83.1 Å². The molecule has 1 aromatic heterocycles. The Balaban J connectivity index is 1.57. The van der Waals surface area contributed by atoms with Gasteiger partial charge in [-0.1, -0.05) is 45.2 Å². The minimum atomic E-state index is -0.423. The number of nitrogens with zero attached hydrogens (tertiary/aromatic N) is 1. The van der Waals surface area contributed by atoms with Gasteiger partial charge in [-0.2, -0.15) is 5.10 Å². The Morgan fingerprint density at radius 1 is 1.14 bits per heavy atom. The maximum atomic E-state index is 12.0. The van der Waals surface area contributed by atoms with Gasteiger partial charge in [-0.25, -0.2) is 5.43 Å². The van der Waals surface area contributed by atoms with Gasteiger partial charge in [-0.15, -0.1) is 0 Å². The lowest BCUT2D eigenvalue weighted by atomic mass is 10.2. The average Bonchev–Trinajstić information content (AvgIpc) is 3.11. The first-order valence-electron chi connectivity index (χ1n) is 7.98. The fourth-order valence-corrected chi connectivity index (χ4v) is 5.15.